The van der Waals surface area contributed by atoms with Gasteiger partial charge in [0.15, 0.2) is 5.82 Å². The molecule has 0 amide bonds. The van der Waals surface area contributed by atoms with E-state index in [0.29, 0.717) is 12.3 Å². The molecule has 0 saturated heterocycles. The first kappa shape index (κ1) is 20.5. The maximum atomic E-state index is 9.81. The second kappa shape index (κ2) is 8.61. The molecule has 4 N–H and O–H groups in total. The van der Waals surface area contributed by atoms with Gasteiger partial charge in [-0.25, -0.2) is 4.98 Å². The molecule has 164 valence electrons. The number of phenols is 1. The number of imidazole rings is 1. The zero-order valence-electron chi connectivity index (χ0n) is 18.1. The summed E-state index contributed by atoms with van der Waals surface area (Å²) in [6.07, 6.45) is 5.90. The Hall–Kier alpha value is -3.42. The van der Waals surface area contributed by atoms with E-state index >= 15 is 0 Å². The number of aryl methyl sites for hydroxylation is 1. The number of hydrogen-bond donors (Lipinski definition) is 4. The lowest BCUT2D eigenvalue weighted by atomic mass is 9.97. The smallest absolute Gasteiger partial charge is 0.159 e. The summed E-state index contributed by atoms with van der Waals surface area (Å²) in [5.74, 6) is 1.04. The quantitative estimate of drug-likeness (QED) is 0.372. The Bertz CT molecular complexity index is 1290. The predicted molar refractivity (Wildman–Crippen MR) is 126 cm³/mol. The largest absolute Gasteiger partial charge is 0.508 e. The van der Waals surface area contributed by atoms with Crippen LogP contribution < -0.4 is 0 Å². The van der Waals surface area contributed by atoms with Gasteiger partial charge in [0.1, 0.15) is 11.4 Å². The van der Waals surface area contributed by atoms with Crippen molar-refractivity contribution in [1.29, 1.82) is 0 Å². The molecule has 7 nitrogen and oxygen atoms in total. The number of phenolic OH excluding ortho intramolecular Hbond substituents is 1. The Balaban J connectivity index is 1.43. The minimum Gasteiger partial charge on any atom is -0.508 e. The lowest BCUT2D eigenvalue weighted by molar-refractivity contribution is 0.208. The van der Waals surface area contributed by atoms with Crippen molar-refractivity contribution in [2.75, 3.05) is 26.2 Å². The van der Waals surface area contributed by atoms with Crippen molar-refractivity contribution >= 4 is 16.5 Å². The summed E-state index contributed by atoms with van der Waals surface area (Å²) in [6.45, 7) is 4.76. The fraction of sp³-hybridized carbons (Fsp3) is 0.280. The van der Waals surface area contributed by atoms with Gasteiger partial charge in [0.2, 0.25) is 0 Å². The molecule has 0 saturated carbocycles. The van der Waals surface area contributed by atoms with Crippen molar-refractivity contribution in [2.45, 2.75) is 19.8 Å². The molecule has 0 fully saturated rings. The molecule has 32 heavy (non-hydrogen) atoms. The van der Waals surface area contributed by atoms with Crippen LogP contribution in [0.25, 0.3) is 39.1 Å². The highest BCUT2D eigenvalue weighted by molar-refractivity contribution is 5.94. The predicted octanol–water partition coefficient (Wildman–Crippen LogP) is 3.97. The molecule has 5 rings (SSSR count). The molecule has 0 spiro atoms. The molecular formula is C25H27N5O2. The van der Waals surface area contributed by atoms with E-state index in [0.717, 1.165) is 70.7 Å². The molecule has 2 aromatic carbocycles. The average molecular weight is 430 g/mol. The minimum atomic E-state index is 0.191. The van der Waals surface area contributed by atoms with Crippen LogP contribution in [-0.4, -0.2) is 61.5 Å². The first-order chi connectivity index (χ1) is 15.7. The molecule has 1 aliphatic heterocycles. The molecule has 7 heteroatoms. The van der Waals surface area contributed by atoms with Gasteiger partial charge in [0.05, 0.1) is 17.8 Å². The number of aliphatic hydroxyl groups excluding tert-OH is 1. The zero-order valence-corrected chi connectivity index (χ0v) is 18.1. The van der Waals surface area contributed by atoms with Gasteiger partial charge in [-0.3, -0.25) is 10.00 Å². The summed E-state index contributed by atoms with van der Waals surface area (Å²) >= 11 is 0. The van der Waals surface area contributed by atoms with Gasteiger partial charge < -0.3 is 15.2 Å². The van der Waals surface area contributed by atoms with Crippen molar-refractivity contribution in [1.82, 2.24) is 25.1 Å². The molecule has 0 atom stereocenters. The maximum Gasteiger partial charge on any atom is 0.159 e. The SMILES string of the molecule is CCc1cc(O)ccc1-c1ccc2c(-c3nc(C4=CCN(CCO)CC4)c[nH]3)n[nH]c2c1. The lowest BCUT2D eigenvalue weighted by Crippen LogP contribution is -2.31. The number of β-amino-alcohol motifs (C(OH)–C–C–N with tert-alkyl or cyclic N) is 1. The fourth-order valence-electron chi connectivity index (χ4n) is 4.42. The molecule has 3 heterocycles. The number of benzene rings is 2. The topological polar surface area (TPSA) is 101 Å². The number of aromatic nitrogens is 4. The summed E-state index contributed by atoms with van der Waals surface area (Å²) in [6, 6.07) is 11.8. The summed E-state index contributed by atoms with van der Waals surface area (Å²) in [5.41, 5.74) is 7.24. The Morgan fingerprint density at radius 1 is 1.16 bits per heavy atom. The third-order valence-corrected chi connectivity index (χ3v) is 6.18. The molecule has 0 bridgehead atoms. The number of nitrogens with zero attached hydrogens (tertiary/aromatic N) is 3. The van der Waals surface area contributed by atoms with Gasteiger partial charge in [0.25, 0.3) is 0 Å². The van der Waals surface area contributed by atoms with E-state index in [1.54, 1.807) is 6.07 Å². The van der Waals surface area contributed by atoms with Crippen LogP contribution in [0.2, 0.25) is 0 Å². The molecule has 2 aromatic heterocycles. The van der Waals surface area contributed by atoms with Gasteiger partial charge in [-0.1, -0.05) is 25.1 Å². The number of aromatic hydroxyl groups is 1. The van der Waals surface area contributed by atoms with E-state index in [-0.39, 0.29) is 6.61 Å². The van der Waals surface area contributed by atoms with Crippen LogP contribution in [0.3, 0.4) is 0 Å². The average Bonchev–Trinajstić information content (AvgIpc) is 3.46. The Morgan fingerprint density at radius 3 is 2.84 bits per heavy atom. The number of fused-ring (bicyclic) bond motifs is 1. The Morgan fingerprint density at radius 2 is 2.06 bits per heavy atom. The summed E-state index contributed by atoms with van der Waals surface area (Å²) in [7, 11) is 0. The molecule has 4 aromatic rings. The zero-order chi connectivity index (χ0) is 22.1. The van der Waals surface area contributed by atoms with E-state index in [1.165, 1.54) is 5.57 Å². The highest BCUT2D eigenvalue weighted by Crippen LogP contribution is 2.32. The number of aliphatic hydroxyl groups is 1. The second-order valence-corrected chi connectivity index (χ2v) is 8.17. The van der Waals surface area contributed by atoms with E-state index in [2.05, 4.69) is 51.3 Å². The van der Waals surface area contributed by atoms with E-state index in [9.17, 15) is 5.11 Å². The number of H-pyrrole nitrogens is 2. The Kier molecular flexibility index (Phi) is 5.51. The van der Waals surface area contributed by atoms with Gasteiger partial charge >= 0.3 is 0 Å². The standard InChI is InChI=1S/C25H27N5O2/c1-2-16-13-19(32)4-6-20(16)18-3-5-21-22(14-18)28-29-24(21)25-26-15-23(27-25)17-7-9-30(10-8-17)11-12-31/h3-7,13-15,31-32H,2,8-12H2,1H3,(H,26,27)(H,28,29). The van der Waals surface area contributed by atoms with Gasteiger partial charge in [-0.2, -0.15) is 5.10 Å². The highest BCUT2D eigenvalue weighted by atomic mass is 16.3. The van der Waals surface area contributed by atoms with E-state index < -0.39 is 0 Å². The molecule has 0 aliphatic carbocycles. The van der Waals surface area contributed by atoms with Crippen LogP contribution in [0.1, 0.15) is 24.6 Å². The van der Waals surface area contributed by atoms with Gasteiger partial charge in [0, 0.05) is 31.2 Å². The summed E-state index contributed by atoms with van der Waals surface area (Å²) in [5, 5.41) is 27.6. The van der Waals surface area contributed by atoms with Crippen LogP contribution in [0.5, 0.6) is 5.75 Å². The van der Waals surface area contributed by atoms with Crippen LogP contribution >= 0.6 is 0 Å². The summed E-state index contributed by atoms with van der Waals surface area (Å²) < 4.78 is 0. The minimum absolute atomic E-state index is 0.191. The van der Waals surface area contributed by atoms with Crippen molar-refractivity contribution in [3.63, 3.8) is 0 Å². The van der Waals surface area contributed by atoms with Crippen LogP contribution in [0.4, 0.5) is 0 Å². The summed E-state index contributed by atoms with van der Waals surface area (Å²) in [4.78, 5) is 10.3. The Labute approximate surface area is 186 Å². The van der Waals surface area contributed by atoms with Gasteiger partial charge in [-0.15, -0.1) is 0 Å². The normalized spacial score (nSPS) is 14.8. The van der Waals surface area contributed by atoms with Crippen molar-refractivity contribution < 1.29 is 10.2 Å². The number of hydrogen-bond acceptors (Lipinski definition) is 5. The third kappa shape index (κ3) is 3.81. The van der Waals surface area contributed by atoms with Crippen LogP contribution in [0.15, 0.2) is 48.7 Å². The number of aromatic amines is 2. The van der Waals surface area contributed by atoms with E-state index in [1.807, 2.05) is 18.3 Å². The van der Waals surface area contributed by atoms with Crippen LogP contribution in [0, 0.1) is 0 Å². The number of nitrogens with one attached hydrogen (secondary N) is 2. The molecule has 1 aliphatic rings. The highest BCUT2D eigenvalue weighted by Gasteiger charge is 2.17. The first-order valence-electron chi connectivity index (χ1n) is 11.0. The van der Waals surface area contributed by atoms with Crippen molar-refractivity contribution in [2.24, 2.45) is 0 Å². The van der Waals surface area contributed by atoms with Crippen molar-refractivity contribution in [3.05, 3.63) is 59.9 Å². The van der Waals surface area contributed by atoms with E-state index in [4.69, 9.17) is 10.1 Å². The third-order valence-electron chi connectivity index (χ3n) is 6.18. The van der Waals surface area contributed by atoms with Crippen LogP contribution in [-0.2, 0) is 6.42 Å². The van der Waals surface area contributed by atoms with Gasteiger partial charge in [-0.05, 0) is 59.4 Å². The maximum absolute atomic E-state index is 9.81. The van der Waals surface area contributed by atoms with Crippen molar-refractivity contribution in [3.8, 4) is 28.4 Å². The first-order valence-corrected chi connectivity index (χ1v) is 11.0. The molecule has 0 unspecified atom stereocenters. The monoisotopic (exact) mass is 429 g/mol. The molecular weight excluding hydrogens is 402 g/mol. The number of rotatable bonds is 6. The lowest BCUT2D eigenvalue weighted by Gasteiger charge is -2.24. The fourth-order valence-corrected chi connectivity index (χ4v) is 4.42. The molecule has 0 radical (unpaired) electrons. The second-order valence-electron chi connectivity index (χ2n) is 8.17.